The lowest BCUT2D eigenvalue weighted by molar-refractivity contribution is -0.121. The lowest BCUT2D eigenvalue weighted by atomic mass is 10.2. The molecule has 144 valence electrons. The van der Waals surface area contributed by atoms with Gasteiger partial charge in [0.25, 0.3) is 5.91 Å². The van der Waals surface area contributed by atoms with Crippen molar-refractivity contribution in [2.45, 2.75) is 13.5 Å². The van der Waals surface area contributed by atoms with Crippen molar-refractivity contribution in [2.24, 2.45) is 0 Å². The van der Waals surface area contributed by atoms with Crippen molar-refractivity contribution in [3.05, 3.63) is 82.0 Å². The number of halogens is 1. The van der Waals surface area contributed by atoms with E-state index in [2.05, 4.69) is 5.32 Å². The van der Waals surface area contributed by atoms with Crippen molar-refractivity contribution in [1.29, 1.82) is 0 Å². The van der Waals surface area contributed by atoms with Crippen LogP contribution in [0.2, 0.25) is 0 Å². The van der Waals surface area contributed by atoms with Crippen molar-refractivity contribution in [3.8, 4) is 0 Å². The van der Waals surface area contributed by atoms with Crippen LogP contribution in [0.25, 0.3) is 11.0 Å². The average molecular weight is 382 g/mol. The minimum atomic E-state index is -0.540. The maximum Gasteiger partial charge on any atom is 0.290 e. The van der Waals surface area contributed by atoms with Gasteiger partial charge in [0.05, 0.1) is 11.9 Å². The highest BCUT2D eigenvalue weighted by Gasteiger charge is 2.20. The van der Waals surface area contributed by atoms with Crippen LogP contribution in [-0.2, 0) is 11.3 Å². The summed E-state index contributed by atoms with van der Waals surface area (Å²) < 4.78 is 18.5. The molecule has 0 aliphatic carbocycles. The van der Waals surface area contributed by atoms with Crippen LogP contribution in [-0.4, -0.2) is 29.8 Å². The zero-order chi connectivity index (χ0) is 20.1. The average Bonchev–Trinajstić information content (AvgIpc) is 2.71. The monoisotopic (exact) mass is 382 g/mol. The molecule has 0 aliphatic rings. The van der Waals surface area contributed by atoms with Gasteiger partial charge in [0, 0.05) is 19.2 Å². The van der Waals surface area contributed by atoms with Crippen molar-refractivity contribution < 1.29 is 18.4 Å². The first-order valence-electron chi connectivity index (χ1n) is 8.81. The zero-order valence-electron chi connectivity index (χ0n) is 15.3. The molecular weight excluding hydrogens is 363 g/mol. The molecule has 2 aromatic carbocycles. The number of likely N-dealkylation sites (N-methyl/N-ethyl adjacent to an activating group) is 1. The van der Waals surface area contributed by atoms with Crippen molar-refractivity contribution in [3.63, 3.8) is 0 Å². The maximum absolute atomic E-state index is 12.9. The molecule has 7 heteroatoms. The van der Waals surface area contributed by atoms with Gasteiger partial charge in [-0.1, -0.05) is 24.3 Å². The van der Waals surface area contributed by atoms with E-state index in [1.165, 1.54) is 17.0 Å². The van der Waals surface area contributed by atoms with E-state index < -0.39 is 5.91 Å². The Morgan fingerprint density at radius 1 is 1.11 bits per heavy atom. The third-order valence-electron chi connectivity index (χ3n) is 4.25. The fourth-order valence-electron chi connectivity index (χ4n) is 2.72. The van der Waals surface area contributed by atoms with Crippen LogP contribution < -0.4 is 10.7 Å². The molecule has 0 saturated carbocycles. The first-order valence-corrected chi connectivity index (χ1v) is 8.81. The van der Waals surface area contributed by atoms with Crippen LogP contribution in [0.5, 0.6) is 0 Å². The van der Waals surface area contributed by atoms with Crippen LogP contribution in [0.4, 0.5) is 4.39 Å². The van der Waals surface area contributed by atoms with E-state index in [-0.39, 0.29) is 42.5 Å². The van der Waals surface area contributed by atoms with Gasteiger partial charge in [0.1, 0.15) is 11.4 Å². The number of amides is 2. The van der Waals surface area contributed by atoms with E-state index >= 15 is 0 Å². The lowest BCUT2D eigenvalue weighted by Crippen LogP contribution is -2.40. The lowest BCUT2D eigenvalue weighted by Gasteiger charge is -2.19. The van der Waals surface area contributed by atoms with Gasteiger partial charge in [-0.15, -0.1) is 0 Å². The van der Waals surface area contributed by atoms with Gasteiger partial charge in [-0.25, -0.2) is 4.39 Å². The third kappa shape index (κ3) is 4.43. The number of hydrogen-bond acceptors (Lipinski definition) is 4. The Labute approximate surface area is 160 Å². The minimum Gasteiger partial charge on any atom is -0.451 e. The van der Waals surface area contributed by atoms with E-state index in [4.69, 9.17) is 4.42 Å². The number of carbonyl (C=O) groups excluding carboxylic acids is 2. The molecule has 3 aromatic rings. The Kier molecular flexibility index (Phi) is 5.84. The van der Waals surface area contributed by atoms with Gasteiger partial charge in [-0.2, -0.15) is 0 Å². The molecule has 1 N–H and O–H groups in total. The smallest absolute Gasteiger partial charge is 0.290 e. The molecule has 0 spiro atoms. The van der Waals surface area contributed by atoms with Crippen molar-refractivity contribution >= 4 is 22.8 Å². The van der Waals surface area contributed by atoms with Gasteiger partial charge < -0.3 is 14.6 Å². The Balaban J connectivity index is 1.68. The van der Waals surface area contributed by atoms with Crippen LogP contribution >= 0.6 is 0 Å². The Morgan fingerprint density at radius 2 is 1.82 bits per heavy atom. The van der Waals surface area contributed by atoms with Gasteiger partial charge in [-0.3, -0.25) is 14.4 Å². The molecule has 1 heterocycles. The largest absolute Gasteiger partial charge is 0.451 e. The second-order valence-electron chi connectivity index (χ2n) is 6.19. The summed E-state index contributed by atoms with van der Waals surface area (Å²) in [6.07, 6.45) is 0. The van der Waals surface area contributed by atoms with Crippen molar-refractivity contribution in [1.82, 2.24) is 10.2 Å². The Morgan fingerprint density at radius 3 is 2.54 bits per heavy atom. The first-order chi connectivity index (χ1) is 13.5. The van der Waals surface area contributed by atoms with E-state index in [9.17, 15) is 18.8 Å². The van der Waals surface area contributed by atoms with Gasteiger partial charge in [-0.05, 0) is 36.8 Å². The number of hydrogen-bond donors (Lipinski definition) is 1. The zero-order valence-corrected chi connectivity index (χ0v) is 15.3. The fraction of sp³-hybridized carbons (Fsp3) is 0.190. The molecule has 0 radical (unpaired) electrons. The number of benzene rings is 2. The molecule has 0 fully saturated rings. The van der Waals surface area contributed by atoms with Crippen molar-refractivity contribution in [2.75, 3.05) is 13.1 Å². The highest BCUT2D eigenvalue weighted by molar-refractivity contribution is 5.95. The summed E-state index contributed by atoms with van der Waals surface area (Å²) in [5.74, 6) is -1.38. The predicted octanol–water partition coefficient (Wildman–Crippen LogP) is 2.71. The summed E-state index contributed by atoms with van der Waals surface area (Å²) in [7, 11) is 0. The number of para-hydroxylation sites is 1. The molecular formula is C21H19FN2O4. The summed E-state index contributed by atoms with van der Waals surface area (Å²) in [5.41, 5.74) is 0.738. The number of nitrogens with one attached hydrogen (secondary N) is 1. The highest BCUT2D eigenvalue weighted by atomic mass is 19.1. The second kappa shape index (κ2) is 8.47. The van der Waals surface area contributed by atoms with Crippen LogP contribution in [0.15, 0.2) is 63.8 Å². The van der Waals surface area contributed by atoms with Gasteiger partial charge in [0.15, 0.2) is 11.2 Å². The second-order valence-corrected chi connectivity index (χ2v) is 6.19. The Hall–Kier alpha value is -3.48. The number of fused-ring (bicyclic) bond motifs is 1. The molecule has 28 heavy (non-hydrogen) atoms. The SMILES string of the molecule is CCN(CC(=O)NCc1ccc(F)cc1)C(=O)c1cc(=O)c2ccccc2o1. The van der Waals surface area contributed by atoms with Gasteiger partial charge >= 0.3 is 0 Å². The minimum absolute atomic E-state index is 0.114. The van der Waals surface area contributed by atoms with E-state index in [0.717, 1.165) is 11.6 Å². The summed E-state index contributed by atoms with van der Waals surface area (Å²) in [5, 5.41) is 3.07. The molecule has 6 nitrogen and oxygen atoms in total. The number of rotatable bonds is 6. The third-order valence-corrected chi connectivity index (χ3v) is 4.25. The predicted molar refractivity (Wildman–Crippen MR) is 102 cm³/mol. The first kappa shape index (κ1) is 19.3. The molecule has 0 atom stereocenters. The summed E-state index contributed by atoms with van der Waals surface area (Å²) in [6, 6.07) is 13.6. The molecule has 0 saturated heterocycles. The normalized spacial score (nSPS) is 10.6. The van der Waals surface area contributed by atoms with E-state index in [1.807, 2.05) is 0 Å². The molecule has 0 bridgehead atoms. The molecule has 0 unspecified atom stereocenters. The van der Waals surface area contributed by atoms with E-state index in [0.29, 0.717) is 11.0 Å². The van der Waals surface area contributed by atoms with E-state index in [1.54, 1.807) is 43.3 Å². The Bertz CT molecular complexity index is 1060. The number of carbonyl (C=O) groups is 2. The van der Waals surface area contributed by atoms with Gasteiger partial charge in [0.2, 0.25) is 5.91 Å². The number of nitrogens with zero attached hydrogens (tertiary/aromatic N) is 1. The summed E-state index contributed by atoms with van der Waals surface area (Å²) in [4.78, 5) is 38.4. The molecule has 2 amide bonds. The highest BCUT2D eigenvalue weighted by Crippen LogP contribution is 2.13. The van der Waals surface area contributed by atoms with Crippen LogP contribution in [0, 0.1) is 5.82 Å². The molecule has 3 rings (SSSR count). The molecule has 0 aliphatic heterocycles. The fourth-order valence-corrected chi connectivity index (χ4v) is 2.72. The topological polar surface area (TPSA) is 79.6 Å². The quantitative estimate of drug-likeness (QED) is 0.711. The summed E-state index contributed by atoms with van der Waals surface area (Å²) in [6.45, 7) is 2.02. The summed E-state index contributed by atoms with van der Waals surface area (Å²) >= 11 is 0. The van der Waals surface area contributed by atoms with Crippen LogP contribution in [0.1, 0.15) is 23.0 Å². The maximum atomic E-state index is 12.9. The standard InChI is InChI=1S/C21H19FN2O4/c1-2-24(13-20(26)23-12-14-7-9-15(22)10-8-14)21(27)19-11-17(25)16-5-3-4-6-18(16)28-19/h3-11H,2,12-13H2,1H3,(H,23,26). The molecule has 1 aromatic heterocycles. The van der Waals surface area contributed by atoms with Crippen LogP contribution in [0.3, 0.4) is 0 Å².